The molecule has 3 aromatic carbocycles. The molecule has 0 fully saturated rings. The molecule has 3 aromatic rings. The Morgan fingerprint density at radius 1 is 0.846 bits per heavy atom. The van der Waals surface area contributed by atoms with E-state index < -0.39 is 11.9 Å². The Labute approximate surface area is 231 Å². The maximum atomic E-state index is 13.3. The predicted octanol–water partition coefficient (Wildman–Crippen LogP) is 5.83. The number of methoxy groups -OCH3 is 2. The molecule has 3 rings (SSSR count). The number of carbonyl (C=O) groups is 2. The summed E-state index contributed by atoms with van der Waals surface area (Å²) in [6.45, 7) is 6.45. The molecule has 0 aromatic heterocycles. The van der Waals surface area contributed by atoms with Crippen LogP contribution in [-0.4, -0.2) is 43.6 Å². The summed E-state index contributed by atoms with van der Waals surface area (Å²) < 4.78 is 22.3. The van der Waals surface area contributed by atoms with Gasteiger partial charge in [0.05, 0.1) is 20.1 Å². The quantitative estimate of drug-likeness (QED) is 0.273. The van der Waals surface area contributed by atoms with Crippen LogP contribution in [0, 0.1) is 5.92 Å². The van der Waals surface area contributed by atoms with E-state index in [1.165, 1.54) is 0 Å². The third kappa shape index (κ3) is 9.36. The SMILES string of the molecule is COc1ccc(CN(C)C(=O)C[C@@H](Cc2ccc(OC(C)(C)C)cc2)C(=O)OCc2ccccc2)c(OC)c1. The van der Waals surface area contributed by atoms with E-state index in [1.54, 1.807) is 32.2 Å². The van der Waals surface area contributed by atoms with Crippen LogP contribution in [0.15, 0.2) is 72.8 Å². The maximum absolute atomic E-state index is 13.3. The highest BCUT2D eigenvalue weighted by molar-refractivity contribution is 5.83. The van der Waals surface area contributed by atoms with Crippen LogP contribution in [-0.2, 0) is 33.9 Å². The molecule has 1 amide bonds. The van der Waals surface area contributed by atoms with Gasteiger partial charge in [-0.3, -0.25) is 9.59 Å². The molecule has 0 saturated heterocycles. The van der Waals surface area contributed by atoms with Crippen LogP contribution in [0.1, 0.15) is 43.9 Å². The van der Waals surface area contributed by atoms with Gasteiger partial charge in [-0.2, -0.15) is 0 Å². The van der Waals surface area contributed by atoms with Crippen molar-refractivity contribution in [2.75, 3.05) is 21.3 Å². The van der Waals surface area contributed by atoms with Crippen molar-refractivity contribution in [3.05, 3.63) is 89.5 Å². The zero-order valence-electron chi connectivity index (χ0n) is 23.7. The Bertz CT molecular complexity index is 1220. The molecule has 7 heteroatoms. The van der Waals surface area contributed by atoms with Gasteiger partial charge in [0.15, 0.2) is 0 Å². The summed E-state index contributed by atoms with van der Waals surface area (Å²) in [5.74, 6) is 0.837. The highest BCUT2D eigenvalue weighted by atomic mass is 16.5. The number of rotatable bonds is 12. The summed E-state index contributed by atoms with van der Waals surface area (Å²) in [5, 5.41) is 0. The fourth-order valence-electron chi connectivity index (χ4n) is 4.11. The second-order valence-electron chi connectivity index (χ2n) is 10.5. The number of carbonyl (C=O) groups excluding carboxylic acids is 2. The van der Waals surface area contributed by atoms with Crippen LogP contribution in [0.25, 0.3) is 0 Å². The first-order chi connectivity index (χ1) is 18.6. The summed E-state index contributed by atoms with van der Waals surface area (Å²) in [6, 6.07) is 22.6. The van der Waals surface area contributed by atoms with Crippen LogP contribution < -0.4 is 14.2 Å². The number of nitrogens with zero attached hydrogens (tertiary/aromatic N) is 1. The average molecular weight is 534 g/mol. The van der Waals surface area contributed by atoms with Crippen molar-refractivity contribution in [1.82, 2.24) is 4.90 Å². The van der Waals surface area contributed by atoms with E-state index in [2.05, 4.69) is 0 Å². The summed E-state index contributed by atoms with van der Waals surface area (Å²) in [5.41, 5.74) is 2.34. The molecule has 7 nitrogen and oxygen atoms in total. The zero-order chi connectivity index (χ0) is 28.4. The van der Waals surface area contributed by atoms with E-state index in [0.717, 1.165) is 22.4 Å². The minimum Gasteiger partial charge on any atom is -0.497 e. The lowest BCUT2D eigenvalue weighted by atomic mass is 9.95. The van der Waals surface area contributed by atoms with Gasteiger partial charge in [-0.1, -0.05) is 42.5 Å². The Balaban J connectivity index is 1.72. The van der Waals surface area contributed by atoms with Crippen molar-refractivity contribution in [3.63, 3.8) is 0 Å². The Morgan fingerprint density at radius 2 is 1.51 bits per heavy atom. The van der Waals surface area contributed by atoms with Gasteiger partial charge in [0.1, 0.15) is 29.5 Å². The number of hydrogen-bond donors (Lipinski definition) is 0. The third-order valence-corrected chi connectivity index (χ3v) is 6.14. The number of amides is 1. The lowest BCUT2D eigenvalue weighted by molar-refractivity contribution is -0.152. The minimum absolute atomic E-state index is 0.0167. The first kappa shape index (κ1) is 29.6. The van der Waals surface area contributed by atoms with Gasteiger partial charge in [0.25, 0.3) is 0 Å². The molecule has 1 atom stereocenters. The van der Waals surface area contributed by atoms with Crippen LogP contribution in [0.5, 0.6) is 17.2 Å². The number of hydrogen-bond acceptors (Lipinski definition) is 6. The average Bonchev–Trinajstić information content (AvgIpc) is 2.92. The summed E-state index contributed by atoms with van der Waals surface area (Å²) in [6.07, 6.45) is 0.387. The van der Waals surface area contributed by atoms with Crippen molar-refractivity contribution >= 4 is 11.9 Å². The normalized spacial score (nSPS) is 11.8. The van der Waals surface area contributed by atoms with Crippen LogP contribution in [0.3, 0.4) is 0 Å². The molecule has 0 radical (unpaired) electrons. The van der Waals surface area contributed by atoms with E-state index in [0.29, 0.717) is 24.5 Å². The molecule has 0 heterocycles. The van der Waals surface area contributed by atoms with Crippen LogP contribution in [0.2, 0.25) is 0 Å². The van der Waals surface area contributed by atoms with Crippen molar-refractivity contribution < 1.29 is 28.5 Å². The maximum Gasteiger partial charge on any atom is 0.310 e. The predicted molar refractivity (Wildman–Crippen MR) is 151 cm³/mol. The van der Waals surface area contributed by atoms with E-state index in [4.69, 9.17) is 18.9 Å². The lowest BCUT2D eigenvalue weighted by Crippen LogP contribution is -2.32. The summed E-state index contributed by atoms with van der Waals surface area (Å²) in [7, 11) is 4.89. The molecule has 39 heavy (non-hydrogen) atoms. The smallest absolute Gasteiger partial charge is 0.310 e. The molecule has 0 spiro atoms. The Morgan fingerprint density at radius 3 is 2.13 bits per heavy atom. The first-order valence-electron chi connectivity index (χ1n) is 13.0. The number of benzene rings is 3. The van der Waals surface area contributed by atoms with Crippen molar-refractivity contribution in [2.45, 2.75) is 52.4 Å². The first-order valence-corrected chi connectivity index (χ1v) is 13.0. The fourth-order valence-corrected chi connectivity index (χ4v) is 4.11. The molecular formula is C32H39NO6. The molecule has 0 saturated carbocycles. The van der Waals surface area contributed by atoms with Crippen molar-refractivity contribution in [3.8, 4) is 17.2 Å². The van der Waals surface area contributed by atoms with Gasteiger partial charge in [-0.25, -0.2) is 0 Å². The molecule has 208 valence electrons. The van der Waals surface area contributed by atoms with E-state index in [1.807, 2.05) is 87.5 Å². The van der Waals surface area contributed by atoms with Gasteiger partial charge in [-0.05, 0) is 62.6 Å². The van der Waals surface area contributed by atoms with Gasteiger partial charge >= 0.3 is 5.97 Å². The second-order valence-corrected chi connectivity index (χ2v) is 10.5. The van der Waals surface area contributed by atoms with Gasteiger partial charge in [-0.15, -0.1) is 0 Å². The third-order valence-electron chi connectivity index (χ3n) is 6.14. The molecular weight excluding hydrogens is 494 g/mol. The van der Waals surface area contributed by atoms with E-state index >= 15 is 0 Å². The summed E-state index contributed by atoms with van der Waals surface area (Å²) >= 11 is 0. The minimum atomic E-state index is -0.643. The van der Waals surface area contributed by atoms with E-state index in [9.17, 15) is 9.59 Å². The van der Waals surface area contributed by atoms with Crippen LogP contribution >= 0.6 is 0 Å². The van der Waals surface area contributed by atoms with E-state index in [-0.39, 0.29) is 24.5 Å². The fraction of sp³-hybridized carbons (Fsp3) is 0.375. The van der Waals surface area contributed by atoms with Crippen molar-refractivity contribution in [1.29, 1.82) is 0 Å². The highest BCUT2D eigenvalue weighted by Crippen LogP contribution is 2.26. The van der Waals surface area contributed by atoms with Gasteiger partial charge in [0.2, 0.25) is 5.91 Å². The molecule has 0 aliphatic heterocycles. The second kappa shape index (κ2) is 13.7. The zero-order valence-corrected chi connectivity index (χ0v) is 23.7. The molecule has 0 unspecified atom stereocenters. The molecule has 0 N–H and O–H groups in total. The highest BCUT2D eigenvalue weighted by Gasteiger charge is 2.26. The Kier molecular flexibility index (Phi) is 10.4. The monoisotopic (exact) mass is 533 g/mol. The summed E-state index contributed by atoms with van der Waals surface area (Å²) in [4.78, 5) is 28.1. The topological polar surface area (TPSA) is 74.3 Å². The molecule has 0 aliphatic carbocycles. The standard InChI is InChI=1S/C32H39NO6/c1-32(2,3)39-27-15-12-23(13-16-27)18-26(31(35)38-22-24-10-8-7-9-11-24)19-30(34)33(4)21-25-14-17-28(36-5)20-29(25)37-6/h7-17,20,26H,18-19,21-22H2,1-6H3/t26-/m1/s1. The van der Waals surface area contributed by atoms with Crippen LogP contribution in [0.4, 0.5) is 0 Å². The van der Waals surface area contributed by atoms with Gasteiger partial charge < -0.3 is 23.8 Å². The van der Waals surface area contributed by atoms with Gasteiger partial charge in [0, 0.05) is 31.6 Å². The molecule has 0 aliphatic rings. The molecule has 0 bridgehead atoms. The number of ether oxygens (including phenoxy) is 4. The Hall–Kier alpha value is -4.00. The number of esters is 1. The lowest BCUT2D eigenvalue weighted by Gasteiger charge is -2.23. The van der Waals surface area contributed by atoms with Crippen molar-refractivity contribution in [2.24, 2.45) is 5.92 Å². The largest absolute Gasteiger partial charge is 0.497 e.